The molecule has 1 aliphatic carbocycles. The lowest BCUT2D eigenvalue weighted by Crippen LogP contribution is -2.32. The Morgan fingerprint density at radius 3 is 2.82 bits per heavy atom. The van der Waals surface area contributed by atoms with Crippen LogP contribution < -0.4 is 10.6 Å². The van der Waals surface area contributed by atoms with Gasteiger partial charge in [-0.25, -0.2) is 0 Å². The topological polar surface area (TPSA) is 41.1 Å². The molecule has 90 valence electrons. The van der Waals surface area contributed by atoms with Crippen molar-refractivity contribution in [1.29, 1.82) is 0 Å². The van der Waals surface area contributed by atoms with Crippen molar-refractivity contribution in [3.63, 3.8) is 0 Å². The molecular formula is C12H12ClIN2O. The summed E-state index contributed by atoms with van der Waals surface area (Å²) in [4.78, 5) is 12.1. The molecule has 0 radical (unpaired) electrons. The van der Waals surface area contributed by atoms with E-state index in [1.807, 2.05) is 6.07 Å². The van der Waals surface area contributed by atoms with Crippen LogP contribution in [0.4, 0.5) is 0 Å². The minimum absolute atomic E-state index is 0.00343. The van der Waals surface area contributed by atoms with E-state index in [9.17, 15) is 4.79 Å². The van der Waals surface area contributed by atoms with E-state index in [-0.39, 0.29) is 5.91 Å². The van der Waals surface area contributed by atoms with Gasteiger partial charge in [-0.1, -0.05) is 11.6 Å². The maximum atomic E-state index is 12.1. The summed E-state index contributed by atoms with van der Waals surface area (Å²) in [7, 11) is 0. The molecule has 0 bridgehead atoms. The predicted octanol–water partition coefficient (Wildman–Crippen LogP) is 1.89. The molecule has 2 unspecified atom stereocenters. The van der Waals surface area contributed by atoms with Crippen molar-refractivity contribution in [2.45, 2.75) is 6.04 Å². The van der Waals surface area contributed by atoms with Crippen LogP contribution in [0.2, 0.25) is 5.02 Å². The average Bonchev–Trinajstić information content (AvgIpc) is 2.76. The summed E-state index contributed by atoms with van der Waals surface area (Å²) in [5, 5.41) is 7.01. The molecule has 0 spiro atoms. The van der Waals surface area contributed by atoms with E-state index in [4.69, 9.17) is 11.6 Å². The van der Waals surface area contributed by atoms with E-state index in [1.54, 1.807) is 12.1 Å². The van der Waals surface area contributed by atoms with Crippen molar-refractivity contribution in [2.75, 3.05) is 13.1 Å². The summed E-state index contributed by atoms with van der Waals surface area (Å²) in [5.41, 5.74) is 0.677. The first-order chi connectivity index (χ1) is 8.16. The van der Waals surface area contributed by atoms with Crippen LogP contribution in [0.3, 0.4) is 0 Å². The molecule has 2 fully saturated rings. The van der Waals surface area contributed by atoms with E-state index in [0.29, 0.717) is 28.5 Å². The molecule has 1 heterocycles. The summed E-state index contributed by atoms with van der Waals surface area (Å²) >= 11 is 8.08. The van der Waals surface area contributed by atoms with Crippen LogP contribution in [0.15, 0.2) is 18.2 Å². The molecule has 1 saturated heterocycles. The minimum atomic E-state index is -0.00343. The lowest BCUT2D eigenvalue weighted by molar-refractivity contribution is 0.0945. The van der Waals surface area contributed by atoms with Crippen molar-refractivity contribution < 1.29 is 4.79 Å². The number of hydrogen-bond donors (Lipinski definition) is 2. The fraction of sp³-hybridized carbons (Fsp3) is 0.417. The Morgan fingerprint density at radius 1 is 1.41 bits per heavy atom. The number of hydrogen-bond acceptors (Lipinski definition) is 2. The number of nitrogens with one attached hydrogen (secondary N) is 2. The van der Waals surface area contributed by atoms with Gasteiger partial charge >= 0.3 is 0 Å². The SMILES string of the molecule is O=C(NC1C2CNCC21)c1cc(Cl)ccc1I. The van der Waals surface area contributed by atoms with Crippen LogP contribution in [0.5, 0.6) is 0 Å². The molecule has 3 rings (SSSR count). The number of amides is 1. The van der Waals surface area contributed by atoms with E-state index >= 15 is 0 Å². The van der Waals surface area contributed by atoms with Gasteiger partial charge < -0.3 is 10.6 Å². The molecule has 2 aliphatic rings. The van der Waals surface area contributed by atoms with Crippen LogP contribution in [0.25, 0.3) is 0 Å². The Kier molecular flexibility index (Phi) is 3.04. The monoisotopic (exact) mass is 362 g/mol. The Morgan fingerprint density at radius 2 is 2.12 bits per heavy atom. The molecular weight excluding hydrogens is 351 g/mol. The van der Waals surface area contributed by atoms with Crippen LogP contribution in [0, 0.1) is 15.4 Å². The maximum absolute atomic E-state index is 12.1. The van der Waals surface area contributed by atoms with Gasteiger partial charge in [-0.15, -0.1) is 0 Å². The number of carbonyl (C=O) groups is 1. The molecule has 1 aromatic carbocycles. The van der Waals surface area contributed by atoms with Gasteiger partial charge in [0.25, 0.3) is 5.91 Å². The standard InChI is InChI=1S/C12H12ClIN2O/c13-6-1-2-10(14)7(3-6)12(17)16-11-8-4-15-5-9(8)11/h1-3,8-9,11,15H,4-5H2,(H,16,17). The van der Waals surface area contributed by atoms with Crippen molar-refractivity contribution in [1.82, 2.24) is 10.6 Å². The third-order valence-electron chi connectivity index (χ3n) is 3.56. The minimum Gasteiger partial charge on any atom is -0.349 e. The summed E-state index contributed by atoms with van der Waals surface area (Å²) in [5.74, 6) is 1.27. The molecule has 1 saturated carbocycles. The first kappa shape index (κ1) is 11.7. The van der Waals surface area contributed by atoms with Gasteiger partial charge in [-0.3, -0.25) is 4.79 Å². The second-order valence-corrected chi connectivity index (χ2v) is 6.21. The van der Waals surface area contributed by atoms with Crippen LogP contribution in [-0.4, -0.2) is 25.0 Å². The van der Waals surface area contributed by atoms with Crippen molar-refractivity contribution in [2.24, 2.45) is 11.8 Å². The van der Waals surface area contributed by atoms with E-state index in [0.717, 1.165) is 16.7 Å². The largest absolute Gasteiger partial charge is 0.349 e. The maximum Gasteiger partial charge on any atom is 0.252 e. The summed E-state index contributed by atoms with van der Waals surface area (Å²) < 4.78 is 0.938. The van der Waals surface area contributed by atoms with Gasteiger partial charge in [0, 0.05) is 27.7 Å². The molecule has 5 heteroatoms. The highest BCUT2D eigenvalue weighted by Gasteiger charge is 2.53. The molecule has 1 aliphatic heterocycles. The fourth-order valence-corrected chi connectivity index (χ4v) is 3.29. The first-order valence-corrected chi connectivity index (χ1v) is 7.09. The molecule has 3 nitrogen and oxygen atoms in total. The molecule has 0 aromatic heterocycles. The number of halogens is 2. The van der Waals surface area contributed by atoms with Crippen LogP contribution >= 0.6 is 34.2 Å². The molecule has 2 atom stereocenters. The number of piperidine rings is 1. The zero-order valence-corrected chi connectivity index (χ0v) is 12.0. The van der Waals surface area contributed by atoms with Crippen molar-refractivity contribution in [3.05, 3.63) is 32.4 Å². The van der Waals surface area contributed by atoms with E-state index in [2.05, 4.69) is 33.2 Å². The third kappa shape index (κ3) is 2.18. The number of benzene rings is 1. The Bertz CT molecular complexity index is 470. The summed E-state index contributed by atoms with van der Waals surface area (Å²) in [6.45, 7) is 2.06. The summed E-state index contributed by atoms with van der Waals surface area (Å²) in [6, 6.07) is 5.76. The number of fused-ring (bicyclic) bond motifs is 1. The Hall–Kier alpha value is -0.330. The second-order valence-electron chi connectivity index (χ2n) is 4.61. The van der Waals surface area contributed by atoms with Crippen LogP contribution in [0.1, 0.15) is 10.4 Å². The van der Waals surface area contributed by atoms with E-state index in [1.165, 1.54) is 0 Å². The zero-order chi connectivity index (χ0) is 12.0. The smallest absolute Gasteiger partial charge is 0.252 e. The molecule has 1 amide bonds. The van der Waals surface area contributed by atoms with Gasteiger partial charge in [0.1, 0.15) is 0 Å². The average molecular weight is 363 g/mol. The van der Waals surface area contributed by atoms with E-state index < -0.39 is 0 Å². The normalized spacial score (nSPS) is 29.9. The lowest BCUT2D eigenvalue weighted by atomic mass is 10.2. The highest BCUT2D eigenvalue weighted by atomic mass is 127. The molecule has 17 heavy (non-hydrogen) atoms. The van der Waals surface area contributed by atoms with Crippen molar-refractivity contribution >= 4 is 40.1 Å². The van der Waals surface area contributed by atoms with Crippen molar-refractivity contribution in [3.8, 4) is 0 Å². The van der Waals surface area contributed by atoms with Gasteiger partial charge in [0.2, 0.25) is 0 Å². The predicted molar refractivity (Wildman–Crippen MR) is 75.3 cm³/mol. The van der Waals surface area contributed by atoms with Gasteiger partial charge in [-0.05, 0) is 52.6 Å². The Balaban J connectivity index is 1.72. The van der Waals surface area contributed by atoms with Gasteiger partial charge in [0.15, 0.2) is 0 Å². The zero-order valence-electron chi connectivity index (χ0n) is 9.04. The number of carbonyl (C=O) groups excluding carboxylic acids is 1. The second kappa shape index (κ2) is 4.40. The third-order valence-corrected chi connectivity index (χ3v) is 4.74. The van der Waals surface area contributed by atoms with Gasteiger partial charge in [-0.2, -0.15) is 0 Å². The lowest BCUT2D eigenvalue weighted by Gasteiger charge is -2.09. The van der Waals surface area contributed by atoms with Gasteiger partial charge in [0.05, 0.1) is 5.56 Å². The Labute approximate surface area is 118 Å². The first-order valence-electron chi connectivity index (χ1n) is 5.63. The highest BCUT2D eigenvalue weighted by Crippen LogP contribution is 2.41. The fourth-order valence-electron chi connectivity index (χ4n) is 2.53. The molecule has 1 aromatic rings. The highest BCUT2D eigenvalue weighted by molar-refractivity contribution is 14.1. The van der Waals surface area contributed by atoms with Crippen LogP contribution in [-0.2, 0) is 0 Å². The summed E-state index contributed by atoms with van der Waals surface area (Å²) in [6.07, 6.45) is 0. The molecule has 2 N–H and O–H groups in total. The quantitative estimate of drug-likeness (QED) is 0.789. The number of rotatable bonds is 2.